The van der Waals surface area contributed by atoms with Crippen molar-refractivity contribution in [2.45, 2.75) is 19.0 Å². The van der Waals surface area contributed by atoms with Crippen LogP contribution in [0.4, 0.5) is 5.82 Å². The summed E-state index contributed by atoms with van der Waals surface area (Å²) in [6.07, 6.45) is 3.58. The molecule has 0 aliphatic carbocycles. The number of aromatic nitrogens is 1. The van der Waals surface area contributed by atoms with Gasteiger partial charge in [-0.3, -0.25) is 9.59 Å². The zero-order valence-corrected chi connectivity index (χ0v) is 18.7. The van der Waals surface area contributed by atoms with Crippen LogP contribution in [0.5, 0.6) is 0 Å². The summed E-state index contributed by atoms with van der Waals surface area (Å²) in [4.78, 5) is 34.6. The predicted molar refractivity (Wildman–Crippen MR) is 126 cm³/mol. The molecule has 1 aliphatic rings. The number of piperazine rings is 1. The standard InChI is InChI=1S/C25H29N5O3/c1-29-11-13-30(14-12-29)23-17-20(9-10-26-23)18-27-24(31)21(16-19-6-3-2-4-7-19)28-25(32)22-8-5-15-33-22/h2-10,15,17,21H,11-14,16,18H2,1H3,(H,27,31)(H,28,32). The van der Waals surface area contributed by atoms with Crippen molar-refractivity contribution in [3.63, 3.8) is 0 Å². The van der Waals surface area contributed by atoms with Gasteiger partial charge in [0, 0.05) is 45.3 Å². The Hall–Kier alpha value is -3.65. The summed E-state index contributed by atoms with van der Waals surface area (Å²) in [5.41, 5.74) is 1.92. The minimum absolute atomic E-state index is 0.173. The van der Waals surface area contributed by atoms with Crippen LogP contribution in [0.15, 0.2) is 71.5 Å². The number of carbonyl (C=O) groups excluding carboxylic acids is 2. The summed E-state index contributed by atoms with van der Waals surface area (Å²) in [5, 5.41) is 5.77. The normalized spacial score (nSPS) is 15.1. The molecular formula is C25H29N5O3. The van der Waals surface area contributed by atoms with Crippen LogP contribution in [0.25, 0.3) is 0 Å². The second-order valence-electron chi connectivity index (χ2n) is 8.22. The first-order chi connectivity index (χ1) is 16.1. The average molecular weight is 448 g/mol. The summed E-state index contributed by atoms with van der Waals surface area (Å²) in [6, 6.07) is 16.0. The first kappa shape index (κ1) is 22.5. The zero-order chi connectivity index (χ0) is 23.0. The van der Waals surface area contributed by atoms with Gasteiger partial charge < -0.3 is 24.9 Å². The van der Waals surface area contributed by atoms with Crippen molar-refractivity contribution in [1.82, 2.24) is 20.5 Å². The van der Waals surface area contributed by atoms with E-state index < -0.39 is 11.9 Å². The van der Waals surface area contributed by atoms with Crippen molar-refractivity contribution in [3.05, 3.63) is 83.9 Å². The molecule has 172 valence electrons. The average Bonchev–Trinajstić information content (AvgIpc) is 3.39. The minimum Gasteiger partial charge on any atom is -0.459 e. The molecule has 1 aliphatic heterocycles. The summed E-state index contributed by atoms with van der Waals surface area (Å²) < 4.78 is 5.17. The van der Waals surface area contributed by atoms with Crippen molar-refractivity contribution in [3.8, 4) is 0 Å². The van der Waals surface area contributed by atoms with Crippen LogP contribution in [-0.4, -0.2) is 61.0 Å². The zero-order valence-electron chi connectivity index (χ0n) is 18.7. The first-order valence-corrected chi connectivity index (χ1v) is 11.1. The third-order valence-corrected chi connectivity index (χ3v) is 5.75. The Morgan fingerprint density at radius 3 is 2.55 bits per heavy atom. The molecule has 0 bridgehead atoms. The van der Waals surface area contributed by atoms with E-state index >= 15 is 0 Å². The topological polar surface area (TPSA) is 90.7 Å². The second-order valence-corrected chi connectivity index (χ2v) is 8.22. The van der Waals surface area contributed by atoms with Gasteiger partial charge in [0.25, 0.3) is 5.91 Å². The van der Waals surface area contributed by atoms with Crippen molar-refractivity contribution < 1.29 is 14.0 Å². The smallest absolute Gasteiger partial charge is 0.287 e. The number of furan rings is 1. The Morgan fingerprint density at radius 1 is 1.03 bits per heavy atom. The Labute approximate surface area is 193 Å². The Balaban J connectivity index is 1.41. The van der Waals surface area contributed by atoms with Gasteiger partial charge in [-0.05, 0) is 42.4 Å². The molecule has 2 N–H and O–H groups in total. The van der Waals surface area contributed by atoms with E-state index in [0.29, 0.717) is 13.0 Å². The van der Waals surface area contributed by atoms with Gasteiger partial charge >= 0.3 is 0 Å². The molecule has 8 heteroatoms. The van der Waals surface area contributed by atoms with Gasteiger partial charge in [0.1, 0.15) is 11.9 Å². The number of hydrogen-bond donors (Lipinski definition) is 2. The second kappa shape index (κ2) is 10.8. The highest BCUT2D eigenvalue weighted by Gasteiger charge is 2.23. The molecule has 0 saturated carbocycles. The number of likely N-dealkylation sites (N-methyl/N-ethyl adjacent to an activating group) is 1. The van der Waals surface area contributed by atoms with E-state index in [-0.39, 0.29) is 11.7 Å². The molecule has 3 heterocycles. The van der Waals surface area contributed by atoms with Gasteiger partial charge in [-0.2, -0.15) is 0 Å². The van der Waals surface area contributed by atoms with Gasteiger partial charge in [0.05, 0.1) is 6.26 Å². The van der Waals surface area contributed by atoms with E-state index in [9.17, 15) is 9.59 Å². The number of amides is 2. The molecule has 0 radical (unpaired) electrons. The SMILES string of the molecule is CN1CCN(c2cc(CNC(=O)C(Cc3ccccc3)NC(=O)c3ccco3)ccn2)CC1. The van der Waals surface area contributed by atoms with Crippen LogP contribution < -0.4 is 15.5 Å². The lowest BCUT2D eigenvalue weighted by atomic mass is 10.0. The fourth-order valence-corrected chi connectivity index (χ4v) is 3.79. The van der Waals surface area contributed by atoms with Gasteiger partial charge in [0.2, 0.25) is 5.91 Å². The maximum Gasteiger partial charge on any atom is 0.287 e. The molecular weight excluding hydrogens is 418 g/mol. The molecule has 1 unspecified atom stereocenters. The maximum atomic E-state index is 13.1. The molecule has 1 atom stereocenters. The highest BCUT2D eigenvalue weighted by atomic mass is 16.3. The number of nitrogens with one attached hydrogen (secondary N) is 2. The molecule has 2 amide bonds. The van der Waals surface area contributed by atoms with Crippen molar-refractivity contribution >= 4 is 17.6 Å². The summed E-state index contributed by atoms with van der Waals surface area (Å²) in [6.45, 7) is 4.21. The van der Waals surface area contributed by atoms with E-state index in [0.717, 1.165) is 43.1 Å². The highest BCUT2D eigenvalue weighted by molar-refractivity contribution is 5.95. The Kier molecular flexibility index (Phi) is 7.36. The maximum absolute atomic E-state index is 13.1. The van der Waals surface area contributed by atoms with Crippen LogP contribution in [0, 0.1) is 0 Å². The monoisotopic (exact) mass is 447 g/mol. The highest BCUT2D eigenvalue weighted by Crippen LogP contribution is 2.15. The lowest BCUT2D eigenvalue weighted by molar-refractivity contribution is -0.123. The summed E-state index contributed by atoms with van der Waals surface area (Å²) in [7, 11) is 2.12. The van der Waals surface area contributed by atoms with E-state index in [2.05, 4.69) is 32.5 Å². The molecule has 8 nitrogen and oxygen atoms in total. The van der Waals surface area contributed by atoms with Gasteiger partial charge in [-0.25, -0.2) is 4.98 Å². The van der Waals surface area contributed by atoms with Crippen molar-refractivity contribution in [2.75, 3.05) is 38.1 Å². The minimum atomic E-state index is -0.732. The quantitative estimate of drug-likeness (QED) is 0.550. The van der Waals surface area contributed by atoms with Gasteiger partial charge in [-0.15, -0.1) is 0 Å². The molecule has 4 rings (SSSR count). The van der Waals surface area contributed by atoms with E-state index in [1.54, 1.807) is 18.3 Å². The molecule has 0 spiro atoms. The summed E-state index contributed by atoms with van der Waals surface area (Å²) >= 11 is 0. The van der Waals surface area contributed by atoms with Crippen LogP contribution in [-0.2, 0) is 17.8 Å². The van der Waals surface area contributed by atoms with Crippen LogP contribution in [0.1, 0.15) is 21.7 Å². The molecule has 3 aromatic rings. The largest absolute Gasteiger partial charge is 0.459 e. The molecule has 2 aromatic heterocycles. The number of hydrogen-bond acceptors (Lipinski definition) is 6. The molecule has 1 saturated heterocycles. The number of carbonyl (C=O) groups is 2. The lowest BCUT2D eigenvalue weighted by Gasteiger charge is -2.33. The fourth-order valence-electron chi connectivity index (χ4n) is 3.79. The molecule has 1 fully saturated rings. The number of anilines is 1. The van der Waals surface area contributed by atoms with E-state index in [4.69, 9.17) is 4.42 Å². The Morgan fingerprint density at radius 2 is 1.82 bits per heavy atom. The number of rotatable bonds is 8. The van der Waals surface area contributed by atoms with E-state index in [1.807, 2.05) is 42.5 Å². The number of nitrogens with zero attached hydrogens (tertiary/aromatic N) is 3. The van der Waals surface area contributed by atoms with Crippen molar-refractivity contribution in [2.24, 2.45) is 0 Å². The van der Waals surface area contributed by atoms with E-state index in [1.165, 1.54) is 6.26 Å². The third kappa shape index (κ3) is 6.20. The van der Waals surface area contributed by atoms with Gasteiger partial charge in [0.15, 0.2) is 5.76 Å². The van der Waals surface area contributed by atoms with Gasteiger partial charge in [-0.1, -0.05) is 30.3 Å². The molecule has 1 aromatic carbocycles. The predicted octanol–water partition coefficient (Wildman–Crippen LogP) is 2.08. The van der Waals surface area contributed by atoms with Crippen LogP contribution >= 0.6 is 0 Å². The van der Waals surface area contributed by atoms with Crippen LogP contribution in [0.3, 0.4) is 0 Å². The lowest BCUT2D eigenvalue weighted by Crippen LogP contribution is -2.47. The van der Waals surface area contributed by atoms with Crippen molar-refractivity contribution in [1.29, 1.82) is 0 Å². The first-order valence-electron chi connectivity index (χ1n) is 11.1. The number of benzene rings is 1. The third-order valence-electron chi connectivity index (χ3n) is 5.75. The fraction of sp³-hybridized carbons (Fsp3) is 0.320. The Bertz CT molecular complexity index is 1050. The number of pyridine rings is 1. The van der Waals surface area contributed by atoms with Crippen LogP contribution in [0.2, 0.25) is 0 Å². The summed E-state index contributed by atoms with van der Waals surface area (Å²) in [5.74, 6) is 0.419. The molecule has 33 heavy (non-hydrogen) atoms.